The smallest absolute Gasteiger partial charge is 0.255 e. The van der Waals surface area contributed by atoms with Crippen molar-refractivity contribution in [1.82, 2.24) is 0 Å². The van der Waals surface area contributed by atoms with Crippen LogP contribution in [0.4, 0.5) is 5.69 Å². The molecule has 1 N–H and O–H groups in total. The lowest BCUT2D eigenvalue weighted by Gasteiger charge is -2.16. The molecule has 0 aliphatic carbocycles. The first-order chi connectivity index (χ1) is 14.4. The molecule has 4 nitrogen and oxygen atoms in total. The van der Waals surface area contributed by atoms with Gasteiger partial charge in [0, 0.05) is 16.3 Å². The Morgan fingerprint density at radius 1 is 1.03 bits per heavy atom. The molecule has 3 aromatic rings. The monoisotopic (exact) mass is 487 g/mol. The van der Waals surface area contributed by atoms with Crippen LogP contribution in [0.15, 0.2) is 59.1 Å². The van der Waals surface area contributed by atoms with E-state index in [1.165, 1.54) is 5.56 Å². The van der Waals surface area contributed by atoms with Gasteiger partial charge in [-0.2, -0.15) is 0 Å². The van der Waals surface area contributed by atoms with Gasteiger partial charge >= 0.3 is 0 Å². The summed E-state index contributed by atoms with van der Waals surface area (Å²) in [4.78, 5) is 12.8. The zero-order chi connectivity index (χ0) is 21.7. The number of benzene rings is 3. The molecule has 0 saturated carbocycles. The molecule has 0 saturated heterocycles. The molecule has 0 unspecified atom stereocenters. The van der Waals surface area contributed by atoms with Crippen molar-refractivity contribution in [1.29, 1.82) is 0 Å². The Bertz CT molecular complexity index is 1050. The number of ether oxygens (including phenoxy) is 2. The van der Waals surface area contributed by atoms with Crippen LogP contribution < -0.4 is 14.8 Å². The summed E-state index contributed by atoms with van der Waals surface area (Å²) in [6, 6.07) is 16.9. The number of rotatable bonds is 7. The number of nitrogens with one attached hydrogen (secondary N) is 1. The molecule has 3 aromatic carbocycles. The number of hydrogen-bond donors (Lipinski definition) is 1. The fourth-order valence-electron chi connectivity index (χ4n) is 2.87. The summed E-state index contributed by atoms with van der Waals surface area (Å²) in [6.45, 7) is 6.69. The normalized spacial score (nSPS) is 10.6. The third kappa shape index (κ3) is 5.55. The van der Waals surface area contributed by atoms with E-state index in [2.05, 4.69) is 21.2 Å². The van der Waals surface area contributed by atoms with E-state index < -0.39 is 0 Å². The summed E-state index contributed by atoms with van der Waals surface area (Å²) in [5.74, 6) is 0.812. The van der Waals surface area contributed by atoms with Crippen LogP contribution >= 0.6 is 27.5 Å². The fourth-order valence-corrected chi connectivity index (χ4v) is 3.59. The van der Waals surface area contributed by atoms with Crippen molar-refractivity contribution < 1.29 is 14.3 Å². The van der Waals surface area contributed by atoms with Gasteiger partial charge in [-0.05, 0) is 72.1 Å². The number of anilines is 1. The molecule has 0 aliphatic heterocycles. The first kappa shape index (κ1) is 22.2. The Kier molecular flexibility index (Phi) is 7.40. The summed E-state index contributed by atoms with van der Waals surface area (Å²) in [7, 11) is 0. The quantitative estimate of drug-likeness (QED) is 0.391. The van der Waals surface area contributed by atoms with Crippen molar-refractivity contribution in [3.63, 3.8) is 0 Å². The van der Waals surface area contributed by atoms with Crippen LogP contribution in [-0.4, -0.2) is 12.5 Å². The SMILES string of the molecule is CCOc1cc(C(=O)Nc2cc(Cl)ccc2C)cc(Br)c1OCc1ccc(C)cc1. The molecule has 0 aromatic heterocycles. The molecule has 0 fully saturated rings. The minimum atomic E-state index is -0.257. The lowest BCUT2D eigenvalue weighted by atomic mass is 10.1. The summed E-state index contributed by atoms with van der Waals surface area (Å²) >= 11 is 9.58. The van der Waals surface area contributed by atoms with E-state index in [4.69, 9.17) is 21.1 Å². The molecule has 6 heteroatoms. The van der Waals surface area contributed by atoms with Crippen molar-refractivity contribution >= 4 is 39.1 Å². The highest BCUT2D eigenvalue weighted by Gasteiger charge is 2.17. The predicted molar refractivity (Wildman–Crippen MR) is 125 cm³/mol. The first-order valence-electron chi connectivity index (χ1n) is 9.59. The highest BCUT2D eigenvalue weighted by atomic mass is 79.9. The van der Waals surface area contributed by atoms with Gasteiger partial charge in [0.1, 0.15) is 6.61 Å². The number of carbonyl (C=O) groups excluding carboxylic acids is 1. The molecule has 3 rings (SSSR count). The first-order valence-corrected chi connectivity index (χ1v) is 10.8. The average molecular weight is 489 g/mol. The Hall–Kier alpha value is -2.50. The van der Waals surface area contributed by atoms with Crippen LogP contribution in [0.1, 0.15) is 34.0 Å². The van der Waals surface area contributed by atoms with Crippen LogP contribution in [0.25, 0.3) is 0 Å². The molecule has 0 spiro atoms. The maximum atomic E-state index is 12.8. The second-order valence-corrected chi connectivity index (χ2v) is 8.20. The number of halogens is 2. The Morgan fingerprint density at radius 2 is 1.77 bits per heavy atom. The average Bonchev–Trinajstić information content (AvgIpc) is 2.71. The van der Waals surface area contributed by atoms with Crippen LogP contribution in [0, 0.1) is 13.8 Å². The minimum absolute atomic E-state index is 0.257. The van der Waals surface area contributed by atoms with E-state index >= 15 is 0 Å². The van der Waals surface area contributed by atoms with Crippen LogP contribution in [0.3, 0.4) is 0 Å². The summed E-state index contributed by atoms with van der Waals surface area (Å²) in [5.41, 5.74) is 4.29. The highest BCUT2D eigenvalue weighted by Crippen LogP contribution is 2.38. The van der Waals surface area contributed by atoms with Crippen molar-refractivity contribution in [2.24, 2.45) is 0 Å². The van der Waals surface area contributed by atoms with Crippen molar-refractivity contribution in [3.05, 3.63) is 86.3 Å². The molecular weight excluding hydrogens is 466 g/mol. The van der Waals surface area contributed by atoms with Gasteiger partial charge in [0.05, 0.1) is 11.1 Å². The van der Waals surface area contributed by atoms with Gasteiger partial charge in [-0.15, -0.1) is 0 Å². The fraction of sp³-hybridized carbons (Fsp3) is 0.208. The maximum Gasteiger partial charge on any atom is 0.255 e. The summed E-state index contributed by atoms with van der Waals surface area (Å²) in [6.07, 6.45) is 0. The number of carbonyl (C=O) groups is 1. The van der Waals surface area contributed by atoms with Gasteiger partial charge in [0.15, 0.2) is 11.5 Å². The minimum Gasteiger partial charge on any atom is -0.490 e. The second kappa shape index (κ2) is 10.0. The standard InChI is InChI=1S/C24H23BrClNO3/c1-4-29-22-12-18(24(28)27-21-13-19(26)10-7-16(21)3)11-20(25)23(22)30-14-17-8-5-15(2)6-9-17/h5-13H,4,14H2,1-3H3,(H,27,28). The van der Waals surface area contributed by atoms with E-state index in [0.717, 1.165) is 11.1 Å². The van der Waals surface area contributed by atoms with Crippen LogP contribution in [0.5, 0.6) is 11.5 Å². The molecule has 0 bridgehead atoms. The molecule has 0 aliphatic rings. The largest absolute Gasteiger partial charge is 0.490 e. The van der Waals surface area contributed by atoms with Gasteiger partial charge in [0.25, 0.3) is 5.91 Å². The highest BCUT2D eigenvalue weighted by molar-refractivity contribution is 9.10. The number of hydrogen-bond acceptors (Lipinski definition) is 3. The zero-order valence-electron chi connectivity index (χ0n) is 17.1. The topological polar surface area (TPSA) is 47.6 Å². The van der Waals surface area contributed by atoms with Crippen LogP contribution in [-0.2, 0) is 6.61 Å². The van der Waals surface area contributed by atoms with E-state index in [-0.39, 0.29) is 5.91 Å². The summed E-state index contributed by atoms with van der Waals surface area (Å²) < 4.78 is 12.4. The lowest BCUT2D eigenvalue weighted by molar-refractivity contribution is 0.102. The maximum absolute atomic E-state index is 12.8. The Balaban J connectivity index is 1.83. The van der Waals surface area contributed by atoms with E-state index in [1.54, 1.807) is 24.3 Å². The van der Waals surface area contributed by atoms with E-state index in [0.29, 0.717) is 45.5 Å². The molecule has 0 heterocycles. The van der Waals surface area contributed by atoms with E-state index in [1.807, 2.05) is 51.1 Å². The van der Waals surface area contributed by atoms with Crippen molar-refractivity contribution in [2.45, 2.75) is 27.4 Å². The third-order valence-corrected chi connectivity index (χ3v) is 5.35. The Morgan fingerprint density at radius 3 is 2.47 bits per heavy atom. The van der Waals surface area contributed by atoms with Gasteiger partial charge in [-0.3, -0.25) is 4.79 Å². The van der Waals surface area contributed by atoms with Crippen molar-refractivity contribution in [3.8, 4) is 11.5 Å². The van der Waals surface area contributed by atoms with E-state index in [9.17, 15) is 4.79 Å². The molecule has 0 radical (unpaired) electrons. The van der Waals surface area contributed by atoms with Crippen LogP contribution in [0.2, 0.25) is 5.02 Å². The molecule has 0 atom stereocenters. The predicted octanol–water partition coefficient (Wildman–Crippen LogP) is 6.95. The van der Waals surface area contributed by atoms with Crippen molar-refractivity contribution in [2.75, 3.05) is 11.9 Å². The molecular formula is C24H23BrClNO3. The van der Waals surface area contributed by atoms with Gasteiger partial charge in [-0.1, -0.05) is 47.5 Å². The Labute approximate surface area is 190 Å². The van der Waals surface area contributed by atoms with Gasteiger partial charge < -0.3 is 14.8 Å². The summed E-state index contributed by atoms with van der Waals surface area (Å²) in [5, 5.41) is 3.47. The lowest BCUT2D eigenvalue weighted by Crippen LogP contribution is -2.13. The molecule has 156 valence electrons. The number of amides is 1. The second-order valence-electron chi connectivity index (χ2n) is 6.91. The third-order valence-electron chi connectivity index (χ3n) is 4.52. The molecule has 1 amide bonds. The number of aryl methyl sites for hydroxylation is 2. The van der Waals surface area contributed by atoms with Gasteiger partial charge in [0.2, 0.25) is 0 Å². The molecule has 30 heavy (non-hydrogen) atoms. The zero-order valence-corrected chi connectivity index (χ0v) is 19.4. The van der Waals surface area contributed by atoms with Gasteiger partial charge in [-0.25, -0.2) is 0 Å².